The zero-order chi connectivity index (χ0) is 12.4. The molecule has 0 aromatic carbocycles. The largest absolute Gasteiger partial charge is 0.472 e. The van der Waals surface area contributed by atoms with Gasteiger partial charge in [0.2, 0.25) is 0 Å². The maximum Gasteiger partial charge on any atom is 0.254 e. The molecule has 1 aliphatic heterocycles. The van der Waals surface area contributed by atoms with Gasteiger partial charge in [0.1, 0.15) is 6.26 Å². The standard InChI is InChI=1S/C12H13N3O2S/c16-11(9-2-5-17-8-9)14-10-1-4-15(7-10)12-13-3-6-18-12/h2-3,5-6,8,10H,1,4,7H2,(H,14,16). The summed E-state index contributed by atoms with van der Waals surface area (Å²) in [6, 6.07) is 1.85. The molecule has 5 nitrogen and oxygen atoms in total. The molecule has 0 aliphatic carbocycles. The fourth-order valence-electron chi connectivity index (χ4n) is 2.09. The second kappa shape index (κ2) is 4.81. The van der Waals surface area contributed by atoms with E-state index in [1.165, 1.54) is 12.5 Å². The Bertz CT molecular complexity index is 509. The molecule has 0 radical (unpaired) electrons. The van der Waals surface area contributed by atoms with E-state index in [-0.39, 0.29) is 11.9 Å². The summed E-state index contributed by atoms with van der Waals surface area (Å²) in [4.78, 5) is 18.3. The number of rotatable bonds is 3. The van der Waals surface area contributed by atoms with Gasteiger partial charge in [0.05, 0.1) is 11.8 Å². The van der Waals surface area contributed by atoms with E-state index >= 15 is 0 Å². The van der Waals surface area contributed by atoms with Crippen molar-refractivity contribution in [3.63, 3.8) is 0 Å². The highest BCUT2D eigenvalue weighted by Gasteiger charge is 2.25. The topological polar surface area (TPSA) is 58.4 Å². The number of thiazole rings is 1. The lowest BCUT2D eigenvalue weighted by Gasteiger charge is -2.15. The van der Waals surface area contributed by atoms with E-state index in [2.05, 4.69) is 15.2 Å². The Balaban J connectivity index is 1.58. The molecule has 1 amide bonds. The Morgan fingerprint density at radius 2 is 2.56 bits per heavy atom. The predicted octanol–water partition coefficient (Wildman–Crippen LogP) is 1.74. The van der Waals surface area contributed by atoms with Gasteiger partial charge in [-0.2, -0.15) is 0 Å². The number of nitrogens with zero attached hydrogens (tertiary/aromatic N) is 2. The van der Waals surface area contributed by atoms with Crippen molar-refractivity contribution in [2.24, 2.45) is 0 Å². The highest BCUT2D eigenvalue weighted by atomic mass is 32.1. The van der Waals surface area contributed by atoms with E-state index in [0.717, 1.165) is 24.6 Å². The van der Waals surface area contributed by atoms with Crippen molar-refractivity contribution in [2.75, 3.05) is 18.0 Å². The van der Waals surface area contributed by atoms with Crippen molar-refractivity contribution in [3.8, 4) is 0 Å². The van der Waals surface area contributed by atoms with Crippen LogP contribution in [0.2, 0.25) is 0 Å². The minimum absolute atomic E-state index is 0.0743. The van der Waals surface area contributed by atoms with Gasteiger partial charge in [0.25, 0.3) is 5.91 Å². The molecule has 1 aliphatic rings. The van der Waals surface area contributed by atoms with Gasteiger partial charge in [-0.15, -0.1) is 11.3 Å². The number of anilines is 1. The number of aromatic nitrogens is 1. The maximum absolute atomic E-state index is 11.9. The first kappa shape index (κ1) is 11.3. The van der Waals surface area contributed by atoms with Gasteiger partial charge in [-0.25, -0.2) is 4.98 Å². The van der Waals surface area contributed by atoms with Crippen LogP contribution >= 0.6 is 11.3 Å². The van der Waals surface area contributed by atoms with Crippen LogP contribution in [0.25, 0.3) is 0 Å². The van der Waals surface area contributed by atoms with Crippen LogP contribution in [0.1, 0.15) is 16.8 Å². The first-order valence-electron chi connectivity index (χ1n) is 5.80. The smallest absolute Gasteiger partial charge is 0.254 e. The molecule has 2 aromatic rings. The van der Waals surface area contributed by atoms with Gasteiger partial charge in [-0.05, 0) is 12.5 Å². The van der Waals surface area contributed by atoms with Crippen LogP contribution in [0.5, 0.6) is 0 Å². The number of hydrogen-bond donors (Lipinski definition) is 1. The molecule has 94 valence electrons. The van der Waals surface area contributed by atoms with Crippen LogP contribution in [0.15, 0.2) is 34.6 Å². The quantitative estimate of drug-likeness (QED) is 0.916. The number of nitrogens with one attached hydrogen (secondary N) is 1. The molecule has 3 heterocycles. The van der Waals surface area contributed by atoms with Crippen LogP contribution in [0.4, 0.5) is 5.13 Å². The number of carbonyl (C=O) groups excluding carboxylic acids is 1. The minimum Gasteiger partial charge on any atom is -0.472 e. The molecule has 1 atom stereocenters. The molecule has 1 unspecified atom stereocenters. The van der Waals surface area contributed by atoms with Gasteiger partial charge in [0.15, 0.2) is 5.13 Å². The Labute approximate surface area is 108 Å². The minimum atomic E-state index is -0.0743. The molecule has 0 bridgehead atoms. The summed E-state index contributed by atoms with van der Waals surface area (Å²) in [6.07, 6.45) is 5.72. The lowest BCUT2D eigenvalue weighted by atomic mass is 10.2. The molecule has 18 heavy (non-hydrogen) atoms. The third-order valence-electron chi connectivity index (χ3n) is 3.00. The zero-order valence-corrected chi connectivity index (χ0v) is 10.5. The summed E-state index contributed by atoms with van der Waals surface area (Å²) in [6.45, 7) is 1.75. The van der Waals surface area contributed by atoms with Crippen LogP contribution < -0.4 is 10.2 Å². The third kappa shape index (κ3) is 2.24. The fourth-order valence-corrected chi connectivity index (χ4v) is 2.77. The highest BCUT2D eigenvalue weighted by Crippen LogP contribution is 2.22. The van der Waals surface area contributed by atoms with E-state index < -0.39 is 0 Å². The summed E-state index contributed by atoms with van der Waals surface area (Å²) < 4.78 is 4.90. The van der Waals surface area contributed by atoms with Gasteiger partial charge in [-0.3, -0.25) is 4.79 Å². The van der Waals surface area contributed by atoms with Gasteiger partial charge >= 0.3 is 0 Å². The predicted molar refractivity (Wildman–Crippen MR) is 68.9 cm³/mol. The number of hydrogen-bond acceptors (Lipinski definition) is 5. The third-order valence-corrected chi connectivity index (χ3v) is 3.83. The highest BCUT2D eigenvalue weighted by molar-refractivity contribution is 7.13. The second-order valence-corrected chi connectivity index (χ2v) is 5.10. The van der Waals surface area contributed by atoms with Crippen LogP contribution in [-0.4, -0.2) is 30.0 Å². The van der Waals surface area contributed by atoms with Gasteiger partial charge in [0, 0.05) is 30.7 Å². The molecule has 1 saturated heterocycles. The SMILES string of the molecule is O=C(NC1CCN(c2nccs2)C1)c1ccoc1. The first-order chi connectivity index (χ1) is 8.83. The van der Waals surface area contributed by atoms with Crippen LogP contribution in [0, 0.1) is 0 Å². The average Bonchev–Trinajstić information content (AvgIpc) is 3.12. The van der Waals surface area contributed by atoms with E-state index in [1.54, 1.807) is 23.6 Å². The first-order valence-corrected chi connectivity index (χ1v) is 6.68. The van der Waals surface area contributed by atoms with Crippen LogP contribution in [0.3, 0.4) is 0 Å². The fraction of sp³-hybridized carbons (Fsp3) is 0.333. The van der Waals surface area contributed by atoms with Crippen molar-refractivity contribution >= 4 is 22.4 Å². The molecule has 2 aromatic heterocycles. The molecule has 6 heteroatoms. The summed E-state index contributed by atoms with van der Waals surface area (Å²) >= 11 is 1.63. The molecular weight excluding hydrogens is 250 g/mol. The summed E-state index contributed by atoms with van der Waals surface area (Å²) in [7, 11) is 0. The number of furan rings is 1. The van der Waals surface area contributed by atoms with E-state index in [0.29, 0.717) is 5.56 Å². The van der Waals surface area contributed by atoms with Crippen molar-refractivity contribution in [1.82, 2.24) is 10.3 Å². The molecule has 3 rings (SSSR count). The molecule has 0 saturated carbocycles. The van der Waals surface area contributed by atoms with E-state index in [1.807, 2.05) is 5.38 Å². The summed E-state index contributed by atoms with van der Waals surface area (Å²) in [5.41, 5.74) is 0.572. The Kier molecular flexibility index (Phi) is 3.02. The average molecular weight is 263 g/mol. The molecule has 1 fully saturated rings. The maximum atomic E-state index is 11.9. The Hall–Kier alpha value is -1.82. The van der Waals surface area contributed by atoms with E-state index in [4.69, 9.17) is 4.42 Å². The van der Waals surface area contributed by atoms with Crippen LogP contribution in [-0.2, 0) is 0 Å². The Morgan fingerprint density at radius 3 is 3.28 bits per heavy atom. The lowest BCUT2D eigenvalue weighted by Crippen LogP contribution is -2.36. The monoisotopic (exact) mass is 263 g/mol. The lowest BCUT2D eigenvalue weighted by molar-refractivity contribution is 0.0940. The normalized spacial score (nSPS) is 19.1. The molecular formula is C12H13N3O2S. The summed E-state index contributed by atoms with van der Waals surface area (Å²) in [5, 5.41) is 6.00. The van der Waals surface area contributed by atoms with Crippen molar-refractivity contribution < 1.29 is 9.21 Å². The Morgan fingerprint density at radius 1 is 1.61 bits per heavy atom. The van der Waals surface area contributed by atoms with Crippen molar-refractivity contribution in [2.45, 2.75) is 12.5 Å². The van der Waals surface area contributed by atoms with Crippen molar-refractivity contribution in [3.05, 3.63) is 35.7 Å². The number of carbonyl (C=O) groups is 1. The van der Waals surface area contributed by atoms with E-state index in [9.17, 15) is 4.79 Å². The second-order valence-electron chi connectivity index (χ2n) is 4.23. The van der Waals surface area contributed by atoms with Crippen molar-refractivity contribution in [1.29, 1.82) is 0 Å². The molecule has 0 spiro atoms. The van der Waals surface area contributed by atoms with Gasteiger partial charge in [-0.1, -0.05) is 0 Å². The zero-order valence-electron chi connectivity index (χ0n) is 9.70. The molecule has 1 N–H and O–H groups in total. The van der Waals surface area contributed by atoms with Gasteiger partial charge < -0.3 is 14.6 Å². The number of amides is 1. The summed E-state index contributed by atoms with van der Waals surface area (Å²) in [5.74, 6) is -0.0743.